The molecule has 0 bridgehead atoms. The smallest absolute Gasteiger partial charge is 0.145 e. The summed E-state index contributed by atoms with van der Waals surface area (Å²) >= 11 is 0. The molecule has 0 spiro atoms. The van der Waals surface area contributed by atoms with Crippen LogP contribution in [-0.4, -0.2) is 36.6 Å². The lowest BCUT2D eigenvalue weighted by molar-refractivity contribution is -0.208. The van der Waals surface area contributed by atoms with Gasteiger partial charge in [0.05, 0.1) is 13.2 Å². The summed E-state index contributed by atoms with van der Waals surface area (Å²) in [6.07, 6.45) is -1.34. The number of halogens is 1. The molecule has 1 unspecified atom stereocenters. The topological polar surface area (TPSA) is 55.5 Å². The molecule has 0 aromatic carbocycles. The molecule has 1 saturated heterocycles. The quantitative estimate of drug-likeness (QED) is 0.513. The van der Waals surface area contributed by atoms with Crippen molar-refractivity contribution in [2.45, 2.75) is 11.8 Å². The van der Waals surface area contributed by atoms with E-state index < -0.39 is 11.8 Å². The van der Waals surface area contributed by atoms with Crippen LogP contribution in [0.2, 0.25) is 0 Å². The summed E-state index contributed by atoms with van der Waals surface area (Å²) in [6.45, 7) is 0.0105. The van der Waals surface area contributed by atoms with Crippen LogP contribution in [-0.2, 0) is 4.74 Å². The van der Waals surface area contributed by atoms with Gasteiger partial charge in [0.15, 0.2) is 0 Å². The maximum atomic E-state index is 12.5. The number of nitrogens with two attached hydrogens (primary N) is 1. The third-order valence-electron chi connectivity index (χ3n) is 1.49. The number of alkyl halides is 1. The van der Waals surface area contributed by atoms with E-state index in [0.29, 0.717) is 0 Å². The van der Waals surface area contributed by atoms with Crippen LogP contribution in [0, 0.1) is 0 Å². The zero-order chi connectivity index (χ0) is 6.91. The van der Waals surface area contributed by atoms with Gasteiger partial charge in [-0.15, -0.1) is 0 Å². The van der Waals surface area contributed by atoms with E-state index in [9.17, 15) is 4.39 Å². The predicted molar refractivity (Wildman–Crippen MR) is 29.7 cm³/mol. The second kappa shape index (κ2) is 2.21. The van der Waals surface area contributed by atoms with Gasteiger partial charge in [-0.05, 0) is 0 Å². The number of rotatable bonds is 2. The van der Waals surface area contributed by atoms with Crippen LogP contribution in [0.4, 0.5) is 4.39 Å². The molecule has 1 rings (SSSR count). The molecule has 4 heteroatoms. The minimum Gasteiger partial charge on any atom is -0.382 e. The van der Waals surface area contributed by atoms with E-state index in [1.165, 1.54) is 0 Å². The van der Waals surface area contributed by atoms with Crippen molar-refractivity contribution in [2.75, 3.05) is 19.8 Å². The number of ether oxygens (including phenoxy) is 1. The Morgan fingerprint density at radius 3 is 2.44 bits per heavy atom. The lowest BCUT2D eigenvalue weighted by Gasteiger charge is -2.38. The summed E-state index contributed by atoms with van der Waals surface area (Å²) in [5.74, 6) is 0. The van der Waals surface area contributed by atoms with Crippen molar-refractivity contribution in [2.24, 2.45) is 5.73 Å². The second-order valence-electron chi connectivity index (χ2n) is 2.30. The predicted octanol–water partition coefficient (Wildman–Crippen LogP) is -0.956. The van der Waals surface area contributed by atoms with E-state index >= 15 is 0 Å². The molecule has 0 amide bonds. The average Bonchev–Trinajstić information content (AvgIpc) is 1.81. The first-order chi connectivity index (χ1) is 4.19. The Hall–Kier alpha value is -0.190. The summed E-state index contributed by atoms with van der Waals surface area (Å²) in [6, 6.07) is 0. The molecule has 0 saturated carbocycles. The standard InChI is InChI=1S/C5H10FNO2/c6-4(1-7)5(8)2-9-3-5/h4,8H,1-3,7H2. The number of hydrogen-bond donors (Lipinski definition) is 2. The van der Waals surface area contributed by atoms with Gasteiger partial charge in [-0.3, -0.25) is 0 Å². The molecule has 3 N–H and O–H groups in total. The summed E-state index contributed by atoms with van der Waals surface area (Å²) in [5.41, 5.74) is 3.69. The summed E-state index contributed by atoms with van der Waals surface area (Å²) in [4.78, 5) is 0. The molecule has 3 nitrogen and oxygen atoms in total. The number of hydrogen-bond acceptors (Lipinski definition) is 3. The molecule has 1 aliphatic rings. The lowest BCUT2D eigenvalue weighted by Crippen LogP contribution is -2.58. The molecule has 0 aromatic heterocycles. The Kier molecular flexibility index (Phi) is 1.70. The summed E-state index contributed by atoms with van der Waals surface area (Å²) < 4.78 is 17.1. The highest BCUT2D eigenvalue weighted by atomic mass is 19.1. The van der Waals surface area contributed by atoms with Crippen molar-refractivity contribution >= 4 is 0 Å². The van der Waals surface area contributed by atoms with E-state index in [1.807, 2.05) is 0 Å². The fourth-order valence-electron chi connectivity index (χ4n) is 0.711. The van der Waals surface area contributed by atoms with Gasteiger partial charge in [-0.1, -0.05) is 0 Å². The van der Waals surface area contributed by atoms with E-state index in [2.05, 4.69) is 4.74 Å². The van der Waals surface area contributed by atoms with Crippen molar-refractivity contribution < 1.29 is 14.2 Å². The van der Waals surface area contributed by atoms with E-state index in [1.54, 1.807) is 0 Å². The van der Waals surface area contributed by atoms with E-state index in [4.69, 9.17) is 10.8 Å². The van der Waals surface area contributed by atoms with Crippen molar-refractivity contribution in [3.63, 3.8) is 0 Å². The van der Waals surface area contributed by atoms with Gasteiger partial charge in [-0.2, -0.15) is 0 Å². The highest BCUT2D eigenvalue weighted by molar-refractivity contribution is 4.92. The molecule has 1 fully saturated rings. The maximum absolute atomic E-state index is 12.5. The Labute approximate surface area is 52.6 Å². The zero-order valence-electron chi connectivity index (χ0n) is 5.01. The Bertz CT molecular complexity index is 105. The summed E-state index contributed by atoms with van der Waals surface area (Å²) in [7, 11) is 0. The number of aliphatic hydroxyl groups is 1. The molecule has 0 radical (unpaired) electrons. The molecule has 0 aliphatic carbocycles. The van der Waals surface area contributed by atoms with Crippen molar-refractivity contribution in [3.05, 3.63) is 0 Å². The normalized spacial score (nSPS) is 27.0. The Morgan fingerprint density at radius 2 is 2.33 bits per heavy atom. The molecule has 0 aromatic rings. The van der Waals surface area contributed by atoms with Crippen LogP contribution in [0.5, 0.6) is 0 Å². The maximum Gasteiger partial charge on any atom is 0.145 e. The second-order valence-corrected chi connectivity index (χ2v) is 2.30. The Morgan fingerprint density at radius 1 is 1.78 bits per heavy atom. The van der Waals surface area contributed by atoms with Crippen molar-refractivity contribution in [1.29, 1.82) is 0 Å². The van der Waals surface area contributed by atoms with Gasteiger partial charge in [0.1, 0.15) is 11.8 Å². The zero-order valence-corrected chi connectivity index (χ0v) is 5.01. The van der Waals surface area contributed by atoms with Crippen LogP contribution in [0.1, 0.15) is 0 Å². The first kappa shape index (κ1) is 6.92. The SMILES string of the molecule is NCC(F)C1(O)COC1. The van der Waals surface area contributed by atoms with Gasteiger partial charge in [0.2, 0.25) is 0 Å². The van der Waals surface area contributed by atoms with Crippen LogP contribution in [0.15, 0.2) is 0 Å². The van der Waals surface area contributed by atoms with Crippen LogP contribution in [0.25, 0.3) is 0 Å². The van der Waals surface area contributed by atoms with E-state index in [-0.39, 0.29) is 19.8 Å². The van der Waals surface area contributed by atoms with Gasteiger partial charge in [0.25, 0.3) is 0 Å². The highest BCUT2D eigenvalue weighted by Gasteiger charge is 2.43. The monoisotopic (exact) mass is 135 g/mol. The highest BCUT2D eigenvalue weighted by Crippen LogP contribution is 2.22. The van der Waals surface area contributed by atoms with E-state index in [0.717, 1.165) is 0 Å². The van der Waals surface area contributed by atoms with Crippen LogP contribution >= 0.6 is 0 Å². The fourth-order valence-corrected chi connectivity index (χ4v) is 0.711. The molecule has 9 heavy (non-hydrogen) atoms. The summed E-state index contributed by atoms with van der Waals surface area (Å²) in [5, 5.41) is 9.10. The van der Waals surface area contributed by atoms with Crippen molar-refractivity contribution in [3.8, 4) is 0 Å². The first-order valence-electron chi connectivity index (χ1n) is 2.83. The average molecular weight is 135 g/mol. The molecule has 54 valence electrons. The molecule has 1 atom stereocenters. The van der Waals surface area contributed by atoms with Gasteiger partial charge >= 0.3 is 0 Å². The first-order valence-corrected chi connectivity index (χ1v) is 2.83. The van der Waals surface area contributed by atoms with Gasteiger partial charge < -0.3 is 15.6 Å². The molecular weight excluding hydrogens is 125 g/mol. The largest absolute Gasteiger partial charge is 0.382 e. The molecule has 1 heterocycles. The lowest BCUT2D eigenvalue weighted by atomic mass is 9.96. The van der Waals surface area contributed by atoms with Crippen molar-refractivity contribution in [1.82, 2.24) is 0 Å². The van der Waals surface area contributed by atoms with Crippen LogP contribution in [0.3, 0.4) is 0 Å². The Balaban J connectivity index is 2.38. The van der Waals surface area contributed by atoms with Gasteiger partial charge in [0, 0.05) is 6.54 Å². The minimum atomic E-state index is -1.34. The van der Waals surface area contributed by atoms with Crippen LogP contribution < -0.4 is 5.73 Å². The minimum absolute atomic E-state index is 0.0748. The third kappa shape index (κ3) is 1.05. The molecule has 1 aliphatic heterocycles. The van der Waals surface area contributed by atoms with Gasteiger partial charge in [-0.25, -0.2) is 4.39 Å². The third-order valence-corrected chi connectivity index (χ3v) is 1.49. The fraction of sp³-hybridized carbons (Fsp3) is 1.00. The molecular formula is C5H10FNO2.